The first kappa shape index (κ1) is 43.6. The fourth-order valence-corrected chi connectivity index (χ4v) is 8.09. The largest absolute Gasteiger partial charge is 0.493 e. The molecule has 4 amide bonds. The molecule has 0 unspecified atom stereocenters. The van der Waals surface area contributed by atoms with Crippen molar-refractivity contribution in [1.29, 1.82) is 0 Å². The van der Waals surface area contributed by atoms with E-state index in [4.69, 9.17) is 28.4 Å². The Morgan fingerprint density at radius 1 is 0.694 bits per heavy atom. The number of methoxy groups -OCH3 is 2. The van der Waals surface area contributed by atoms with Crippen molar-refractivity contribution in [3.05, 3.63) is 107 Å². The number of fused-ring (bicyclic) bond motifs is 4. The summed E-state index contributed by atoms with van der Waals surface area (Å²) in [5.41, 5.74) is 4.11. The predicted molar refractivity (Wildman–Crippen MR) is 227 cm³/mol. The number of aryl methyl sites for hydroxylation is 1. The Kier molecular flexibility index (Phi) is 13.1. The molecule has 0 aliphatic carbocycles. The molecular weight excluding hydrogens is 801 g/mol. The zero-order valence-corrected chi connectivity index (χ0v) is 35.5. The van der Waals surface area contributed by atoms with Crippen molar-refractivity contribution >= 4 is 35.4 Å². The lowest BCUT2D eigenvalue weighted by atomic mass is 10.1. The molecule has 0 saturated carbocycles. The van der Waals surface area contributed by atoms with Gasteiger partial charge in [-0.3, -0.25) is 9.59 Å². The SMILES string of the molecule is C=CCOC(=O)N1c2cc(OCCCCCOc3cc4c(cc3OC)C(=O)N3C=C(C)C[C@@H]3[C@@H](O)N4C(=O)OCc3ccc(C)cc3)c(OC)cc2C(=O)N2C=C(C)C[C@H]2[C@@H]1O. The van der Waals surface area contributed by atoms with Gasteiger partial charge in [-0.05, 0) is 70.6 Å². The second kappa shape index (κ2) is 18.6. The van der Waals surface area contributed by atoms with Crippen LogP contribution in [0, 0.1) is 6.92 Å². The minimum absolute atomic E-state index is 0.0392. The molecule has 3 aromatic carbocycles. The molecule has 0 spiro atoms. The zero-order chi connectivity index (χ0) is 44.2. The maximum atomic E-state index is 13.9. The average molecular weight is 853 g/mol. The van der Waals surface area contributed by atoms with Gasteiger partial charge in [-0.1, -0.05) is 53.6 Å². The number of carbonyl (C=O) groups excluding carboxylic acids is 4. The first-order chi connectivity index (χ1) is 29.8. The van der Waals surface area contributed by atoms with Crippen LogP contribution in [0.4, 0.5) is 21.0 Å². The predicted octanol–water partition coefficient (Wildman–Crippen LogP) is 6.81. The monoisotopic (exact) mass is 852 g/mol. The topological polar surface area (TPSA) is 177 Å². The number of carbonyl (C=O) groups is 4. The number of nitrogens with zero attached hydrogens (tertiary/aromatic N) is 4. The van der Waals surface area contributed by atoms with E-state index in [9.17, 15) is 29.4 Å². The molecule has 2 N–H and O–H groups in total. The standard InChI is InChI=1S/C46H52N4O12/c1-7-15-61-45(55)49-33-22-39(37(57-5)20-31(33)41(51)47-24-28(3)18-35(47)43(49)53)59-16-9-8-10-17-60-40-23-34-32(21-38(40)58-6)42(52)48-25-29(4)19-36(48)44(54)50(34)46(56)62-26-30-13-11-27(2)12-14-30/h7,11-14,20-25,35-36,43-44,53-54H,1,8-10,15-19,26H2,2-6H3/t35-,36+,43-,44+/m0/s1. The smallest absolute Gasteiger partial charge is 0.416 e. The maximum absolute atomic E-state index is 13.9. The van der Waals surface area contributed by atoms with Gasteiger partial charge < -0.3 is 48.4 Å². The van der Waals surface area contributed by atoms with Gasteiger partial charge in [0.25, 0.3) is 11.8 Å². The highest BCUT2D eigenvalue weighted by molar-refractivity contribution is 6.07. The number of hydrogen-bond acceptors (Lipinski definition) is 12. The third-order valence-corrected chi connectivity index (χ3v) is 11.2. The van der Waals surface area contributed by atoms with E-state index >= 15 is 0 Å². The van der Waals surface area contributed by atoms with Gasteiger partial charge in [0.15, 0.2) is 35.5 Å². The van der Waals surface area contributed by atoms with E-state index in [0.717, 1.165) is 32.1 Å². The van der Waals surface area contributed by atoms with Gasteiger partial charge >= 0.3 is 12.2 Å². The average Bonchev–Trinajstić information content (AvgIpc) is 3.83. The van der Waals surface area contributed by atoms with Gasteiger partial charge in [0, 0.05) is 24.5 Å². The van der Waals surface area contributed by atoms with Crippen LogP contribution in [0.1, 0.15) is 77.8 Å². The molecule has 0 aromatic heterocycles. The second-order valence-electron chi connectivity index (χ2n) is 15.7. The van der Waals surface area contributed by atoms with Crippen LogP contribution in [0.2, 0.25) is 0 Å². The summed E-state index contributed by atoms with van der Waals surface area (Å²) in [6, 6.07) is 12.1. The normalized spacial score (nSPS) is 20.2. The first-order valence-corrected chi connectivity index (χ1v) is 20.5. The summed E-state index contributed by atoms with van der Waals surface area (Å²) in [7, 11) is 2.90. The Balaban J connectivity index is 1.03. The van der Waals surface area contributed by atoms with Gasteiger partial charge in [-0.2, -0.15) is 0 Å². The Morgan fingerprint density at radius 2 is 1.16 bits per heavy atom. The molecule has 0 radical (unpaired) electrons. The van der Waals surface area contributed by atoms with E-state index in [2.05, 4.69) is 6.58 Å². The fraction of sp³-hybridized carbons (Fsp3) is 0.391. The van der Waals surface area contributed by atoms with Crippen molar-refractivity contribution in [2.75, 3.05) is 43.8 Å². The van der Waals surface area contributed by atoms with E-state index in [-0.39, 0.29) is 71.9 Å². The number of aliphatic hydroxyl groups is 2. The van der Waals surface area contributed by atoms with Gasteiger partial charge in [-0.15, -0.1) is 0 Å². The number of ether oxygens (including phenoxy) is 6. The molecule has 328 valence electrons. The Bertz CT molecular complexity index is 2290. The number of anilines is 2. The van der Waals surface area contributed by atoms with Crippen LogP contribution in [-0.4, -0.2) is 103 Å². The molecule has 0 bridgehead atoms. The van der Waals surface area contributed by atoms with E-state index < -0.39 is 48.5 Å². The fourth-order valence-electron chi connectivity index (χ4n) is 8.09. The van der Waals surface area contributed by atoms with E-state index in [1.54, 1.807) is 12.4 Å². The van der Waals surface area contributed by atoms with Gasteiger partial charge in [0.1, 0.15) is 13.2 Å². The van der Waals surface area contributed by atoms with Crippen molar-refractivity contribution in [2.45, 2.75) is 84.0 Å². The Morgan fingerprint density at radius 3 is 1.61 bits per heavy atom. The molecule has 0 fully saturated rings. The van der Waals surface area contributed by atoms with Crippen molar-refractivity contribution in [3.63, 3.8) is 0 Å². The van der Waals surface area contributed by atoms with Crippen LogP contribution < -0.4 is 28.7 Å². The number of hydrogen-bond donors (Lipinski definition) is 2. The van der Waals surface area contributed by atoms with Gasteiger partial charge in [0.05, 0.1) is 62.0 Å². The maximum Gasteiger partial charge on any atom is 0.416 e. The summed E-state index contributed by atoms with van der Waals surface area (Å²) in [5.74, 6) is 0.262. The van der Waals surface area contributed by atoms with Crippen LogP contribution in [0.25, 0.3) is 0 Å². The van der Waals surface area contributed by atoms with Crippen LogP contribution in [-0.2, 0) is 16.1 Å². The molecule has 3 aromatic rings. The Labute approximate surface area is 360 Å². The highest BCUT2D eigenvalue weighted by atomic mass is 16.6. The minimum atomic E-state index is -1.42. The summed E-state index contributed by atoms with van der Waals surface area (Å²) in [4.78, 5) is 59.9. The van der Waals surface area contributed by atoms with Crippen LogP contribution in [0.3, 0.4) is 0 Å². The third-order valence-electron chi connectivity index (χ3n) is 11.2. The second-order valence-corrected chi connectivity index (χ2v) is 15.7. The minimum Gasteiger partial charge on any atom is -0.493 e. The summed E-state index contributed by atoms with van der Waals surface area (Å²) < 4.78 is 34.6. The number of amides is 4. The van der Waals surface area contributed by atoms with Crippen molar-refractivity contribution in [3.8, 4) is 23.0 Å². The van der Waals surface area contributed by atoms with E-state index in [0.29, 0.717) is 32.1 Å². The van der Waals surface area contributed by atoms with Crippen molar-refractivity contribution < 1.29 is 57.8 Å². The van der Waals surface area contributed by atoms with E-state index in [1.807, 2.05) is 45.0 Å². The number of benzene rings is 3. The Hall–Kier alpha value is -6.52. The lowest BCUT2D eigenvalue weighted by Crippen LogP contribution is -2.50. The molecule has 16 heteroatoms. The number of unbranched alkanes of at least 4 members (excludes halogenated alkanes) is 2. The van der Waals surface area contributed by atoms with Crippen LogP contribution >= 0.6 is 0 Å². The molecule has 16 nitrogen and oxygen atoms in total. The number of aliphatic hydroxyl groups excluding tert-OH is 2. The lowest BCUT2D eigenvalue weighted by Gasteiger charge is -2.31. The molecule has 4 atom stereocenters. The van der Waals surface area contributed by atoms with Crippen molar-refractivity contribution in [2.24, 2.45) is 0 Å². The highest BCUT2D eigenvalue weighted by Crippen LogP contribution is 2.44. The molecule has 0 saturated heterocycles. The summed E-state index contributed by atoms with van der Waals surface area (Å²) in [6.45, 7) is 9.60. The molecule has 4 heterocycles. The van der Waals surface area contributed by atoms with Gasteiger partial charge in [0.2, 0.25) is 0 Å². The number of rotatable bonds is 14. The summed E-state index contributed by atoms with van der Waals surface area (Å²) in [6.07, 6.45) is 2.82. The molecule has 62 heavy (non-hydrogen) atoms. The zero-order valence-electron chi connectivity index (χ0n) is 35.5. The van der Waals surface area contributed by atoms with Crippen LogP contribution in [0.5, 0.6) is 23.0 Å². The van der Waals surface area contributed by atoms with Crippen molar-refractivity contribution in [1.82, 2.24) is 9.80 Å². The summed E-state index contributed by atoms with van der Waals surface area (Å²) >= 11 is 0. The third kappa shape index (κ3) is 8.65. The molecule has 4 aliphatic rings. The van der Waals surface area contributed by atoms with E-state index in [1.165, 1.54) is 54.4 Å². The first-order valence-electron chi connectivity index (χ1n) is 20.5. The highest BCUT2D eigenvalue weighted by Gasteiger charge is 2.46. The summed E-state index contributed by atoms with van der Waals surface area (Å²) in [5, 5.41) is 23.2. The molecular formula is C46H52N4O12. The van der Waals surface area contributed by atoms with Crippen LogP contribution in [0.15, 0.2) is 84.7 Å². The molecule has 4 aliphatic heterocycles. The lowest BCUT2D eigenvalue weighted by molar-refractivity contribution is 0.0544. The van der Waals surface area contributed by atoms with Gasteiger partial charge in [-0.25, -0.2) is 19.4 Å². The molecule has 7 rings (SSSR count). The quantitative estimate of drug-likeness (QED) is 0.128.